The molecule has 0 aliphatic carbocycles. The lowest BCUT2D eigenvalue weighted by atomic mass is 10.2. The Morgan fingerprint density at radius 3 is 2.60 bits per heavy atom. The first-order valence-corrected chi connectivity index (χ1v) is 5.90. The number of aliphatic imine (C=N–C) groups is 1. The minimum atomic E-state index is -0.439. The van der Waals surface area contributed by atoms with Crippen molar-refractivity contribution >= 4 is 17.6 Å². The first kappa shape index (κ1) is 12.2. The number of ether oxygens (including phenoxy) is 2. The van der Waals surface area contributed by atoms with E-state index in [4.69, 9.17) is 9.47 Å². The Bertz CT molecular complexity index is 680. The maximum absolute atomic E-state index is 10.5. The summed E-state index contributed by atoms with van der Waals surface area (Å²) in [5.41, 5.74) is 1.56. The Labute approximate surface area is 114 Å². The van der Waals surface area contributed by atoms with Crippen LogP contribution in [0.25, 0.3) is 0 Å². The van der Waals surface area contributed by atoms with Gasteiger partial charge < -0.3 is 9.47 Å². The summed E-state index contributed by atoms with van der Waals surface area (Å²) in [6.07, 6.45) is 1.67. The monoisotopic (exact) mass is 270 g/mol. The average Bonchev–Trinajstić information content (AvgIpc) is 2.93. The molecule has 0 N–H and O–H groups in total. The van der Waals surface area contributed by atoms with Crippen molar-refractivity contribution in [2.45, 2.75) is 0 Å². The van der Waals surface area contributed by atoms with Crippen molar-refractivity contribution in [1.29, 1.82) is 0 Å². The molecule has 0 amide bonds. The van der Waals surface area contributed by atoms with Crippen molar-refractivity contribution in [2.24, 2.45) is 4.99 Å². The van der Waals surface area contributed by atoms with Crippen molar-refractivity contribution < 1.29 is 14.4 Å². The minimum absolute atomic E-state index is 0.0482. The summed E-state index contributed by atoms with van der Waals surface area (Å²) < 4.78 is 10.5. The summed E-state index contributed by atoms with van der Waals surface area (Å²) in [6.45, 7) is 0.234. The third kappa shape index (κ3) is 2.44. The average molecular weight is 270 g/mol. The molecular weight excluding hydrogens is 260 g/mol. The van der Waals surface area contributed by atoms with Crippen LogP contribution < -0.4 is 9.47 Å². The molecule has 20 heavy (non-hydrogen) atoms. The number of hydrogen-bond acceptors (Lipinski definition) is 5. The Hall–Kier alpha value is -2.89. The molecule has 0 fully saturated rings. The quantitative estimate of drug-likeness (QED) is 0.488. The number of non-ortho nitro benzene ring substituents is 1. The molecule has 2 aromatic rings. The van der Waals surface area contributed by atoms with Crippen LogP contribution in [0.15, 0.2) is 47.5 Å². The van der Waals surface area contributed by atoms with Crippen LogP contribution in [0.5, 0.6) is 11.5 Å². The summed E-state index contributed by atoms with van der Waals surface area (Å²) >= 11 is 0. The van der Waals surface area contributed by atoms with Gasteiger partial charge in [-0.05, 0) is 35.9 Å². The molecule has 0 saturated carbocycles. The van der Waals surface area contributed by atoms with Crippen molar-refractivity contribution in [2.75, 3.05) is 6.79 Å². The summed E-state index contributed by atoms with van der Waals surface area (Å²) in [5.74, 6) is 1.41. The van der Waals surface area contributed by atoms with Gasteiger partial charge in [0.05, 0.1) is 10.6 Å². The molecule has 0 saturated heterocycles. The van der Waals surface area contributed by atoms with Crippen LogP contribution in [0.2, 0.25) is 0 Å². The smallest absolute Gasteiger partial charge is 0.269 e. The Balaban J connectivity index is 1.78. The second-order valence-electron chi connectivity index (χ2n) is 4.14. The van der Waals surface area contributed by atoms with Crippen LogP contribution in [0.1, 0.15) is 5.56 Å². The highest BCUT2D eigenvalue weighted by Gasteiger charge is 2.12. The van der Waals surface area contributed by atoms with E-state index < -0.39 is 4.92 Å². The molecule has 6 nitrogen and oxygen atoms in total. The van der Waals surface area contributed by atoms with Gasteiger partial charge in [-0.2, -0.15) is 0 Å². The van der Waals surface area contributed by atoms with Crippen molar-refractivity contribution in [1.82, 2.24) is 0 Å². The number of hydrogen-bond donors (Lipinski definition) is 0. The molecule has 2 aromatic carbocycles. The Kier molecular flexibility index (Phi) is 3.04. The molecule has 0 unspecified atom stereocenters. The first-order valence-electron chi connectivity index (χ1n) is 5.90. The molecule has 1 aliphatic rings. The van der Waals surface area contributed by atoms with Crippen LogP contribution in [0.3, 0.4) is 0 Å². The fraction of sp³-hybridized carbons (Fsp3) is 0.0714. The molecule has 1 aliphatic heterocycles. The lowest BCUT2D eigenvalue weighted by Crippen LogP contribution is -1.92. The van der Waals surface area contributed by atoms with Gasteiger partial charge in [-0.1, -0.05) is 0 Å². The lowest BCUT2D eigenvalue weighted by Gasteiger charge is -1.97. The highest BCUT2D eigenvalue weighted by atomic mass is 16.7. The molecule has 3 rings (SSSR count). The van der Waals surface area contributed by atoms with Crippen LogP contribution >= 0.6 is 0 Å². The lowest BCUT2D eigenvalue weighted by molar-refractivity contribution is -0.384. The highest BCUT2D eigenvalue weighted by Crippen LogP contribution is 2.32. The van der Waals surface area contributed by atoms with Gasteiger partial charge in [-0.3, -0.25) is 15.1 Å². The van der Waals surface area contributed by atoms with Crippen LogP contribution in [0.4, 0.5) is 11.4 Å². The van der Waals surface area contributed by atoms with Crippen molar-refractivity contribution in [3.05, 3.63) is 58.1 Å². The standard InChI is InChI=1S/C14H10N2O4/c17-16(18)12-4-2-11(3-5-12)15-8-10-1-6-13-14(7-10)20-9-19-13/h1-8H,9H2. The molecule has 100 valence electrons. The van der Waals surface area contributed by atoms with Gasteiger partial charge in [-0.25, -0.2) is 0 Å². The predicted molar refractivity (Wildman–Crippen MR) is 72.9 cm³/mol. The van der Waals surface area contributed by atoms with Crippen LogP contribution in [0, 0.1) is 10.1 Å². The largest absolute Gasteiger partial charge is 0.454 e. The molecule has 0 radical (unpaired) electrons. The van der Waals surface area contributed by atoms with Gasteiger partial charge in [-0.15, -0.1) is 0 Å². The van der Waals surface area contributed by atoms with Crippen LogP contribution in [-0.4, -0.2) is 17.9 Å². The van der Waals surface area contributed by atoms with E-state index in [9.17, 15) is 10.1 Å². The molecule has 0 spiro atoms. The SMILES string of the molecule is O=[N+]([O-])c1ccc(N=Cc2ccc3c(c2)OCO3)cc1. The summed E-state index contributed by atoms with van der Waals surface area (Å²) in [4.78, 5) is 14.4. The zero-order chi connectivity index (χ0) is 13.9. The third-order valence-electron chi connectivity index (χ3n) is 2.82. The second kappa shape index (κ2) is 5.00. The zero-order valence-corrected chi connectivity index (χ0v) is 10.4. The van der Waals surface area contributed by atoms with E-state index in [0.717, 1.165) is 11.3 Å². The maximum atomic E-state index is 10.5. The van der Waals surface area contributed by atoms with E-state index in [1.54, 1.807) is 18.3 Å². The molecule has 0 aromatic heterocycles. The summed E-state index contributed by atoms with van der Waals surface area (Å²) in [5, 5.41) is 10.5. The Morgan fingerprint density at radius 1 is 1.10 bits per heavy atom. The summed E-state index contributed by atoms with van der Waals surface area (Å²) in [7, 11) is 0. The van der Waals surface area contributed by atoms with Gasteiger partial charge in [0.25, 0.3) is 5.69 Å². The highest BCUT2D eigenvalue weighted by molar-refractivity contribution is 5.83. The maximum Gasteiger partial charge on any atom is 0.269 e. The van der Waals surface area contributed by atoms with Gasteiger partial charge in [0.2, 0.25) is 6.79 Å². The van der Waals surface area contributed by atoms with E-state index >= 15 is 0 Å². The molecule has 0 atom stereocenters. The number of fused-ring (bicyclic) bond motifs is 1. The second-order valence-corrected chi connectivity index (χ2v) is 4.14. The van der Waals surface area contributed by atoms with E-state index in [0.29, 0.717) is 11.4 Å². The molecular formula is C14H10N2O4. The molecule has 0 bridgehead atoms. The predicted octanol–water partition coefficient (Wildman–Crippen LogP) is 3.07. The van der Waals surface area contributed by atoms with E-state index in [2.05, 4.69) is 4.99 Å². The topological polar surface area (TPSA) is 74.0 Å². The molecule has 6 heteroatoms. The number of rotatable bonds is 3. The number of nitro groups is 1. The van der Waals surface area contributed by atoms with Gasteiger partial charge in [0, 0.05) is 18.3 Å². The number of benzene rings is 2. The van der Waals surface area contributed by atoms with E-state index in [1.807, 2.05) is 18.2 Å². The number of nitrogens with zero attached hydrogens (tertiary/aromatic N) is 2. The molecule has 1 heterocycles. The van der Waals surface area contributed by atoms with Gasteiger partial charge >= 0.3 is 0 Å². The van der Waals surface area contributed by atoms with E-state index in [1.165, 1.54) is 12.1 Å². The summed E-state index contributed by atoms with van der Waals surface area (Å²) in [6, 6.07) is 11.6. The van der Waals surface area contributed by atoms with Gasteiger partial charge in [0.1, 0.15) is 0 Å². The van der Waals surface area contributed by atoms with Crippen molar-refractivity contribution in [3.8, 4) is 11.5 Å². The Morgan fingerprint density at radius 2 is 1.85 bits per heavy atom. The fourth-order valence-corrected chi connectivity index (χ4v) is 1.80. The van der Waals surface area contributed by atoms with E-state index in [-0.39, 0.29) is 12.5 Å². The fourth-order valence-electron chi connectivity index (χ4n) is 1.80. The van der Waals surface area contributed by atoms with Gasteiger partial charge in [0.15, 0.2) is 11.5 Å². The zero-order valence-electron chi connectivity index (χ0n) is 10.4. The normalized spacial score (nSPS) is 12.8. The van der Waals surface area contributed by atoms with Crippen LogP contribution in [-0.2, 0) is 0 Å². The first-order chi connectivity index (χ1) is 9.72. The number of nitro benzene ring substituents is 1. The minimum Gasteiger partial charge on any atom is -0.454 e. The van der Waals surface area contributed by atoms with Crippen molar-refractivity contribution in [3.63, 3.8) is 0 Å². The third-order valence-corrected chi connectivity index (χ3v) is 2.82.